The average molecular weight is 428 g/mol. The Hall–Kier alpha value is -2.19. The smallest absolute Gasteiger partial charge is 0.444 e. The van der Waals surface area contributed by atoms with Gasteiger partial charge in [-0.05, 0) is 77.5 Å². The number of pyridine rings is 1. The van der Waals surface area contributed by atoms with Gasteiger partial charge in [-0.25, -0.2) is 9.18 Å². The predicted octanol–water partition coefficient (Wildman–Crippen LogP) is 3.97. The summed E-state index contributed by atoms with van der Waals surface area (Å²) in [5.74, 6) is -0.403. The van der Waals surface area contributed by atoms with Crippen LogP contribution in [0.25, 0.3) is 10.9 Å². The quantitative estimate of drug-likeness (QED) is 0.644. The van der Waals surface area contributed by atoms with Gasteiger partial charge in [0.15, 0.2) is 0 Å². The number of ether oxygens (including phenoxy) is 1. The molecule has 1 amide bonds. The number of aromatic nitrogens is 1. The van der Waals surface area contributed by atoms with E-state index in [1.54, 1.807) is 11.1 Å². The zero-order valence-corrected chi connectivity index (χ0v) is 19.3. The van der Waals surface area contributed by atoms with E-state index in [9.17, 15) is 9.18 Å². The molecule has 2 aliphatic rings. The van der Waals surface area contributed by atoms with Gasteiger partial charge >= 0.3 is 13.2 Å². The van der Waals surface area contributed by atoms with E-state index in [0.717, 1.165) is 16.5 Å². The number of halogens is 1. The van der Waals surface area contributed by atoms with Crippen LogP contribution >= 0.6 is 0 Å². The molecule has 0 N–H and O–H groups in total. The molecule has 3 heterocycles. The normalized spacial score (nSPS) is 20.1. The van der Waals surface area contributed by atoms with E-state index in [1.807, 2.05) is 54.5 Å². The fraction of sp³-hybridized carbons (Fsp3) is 0.565. The zero-order chi connectivity index (χ0) is 22.8. The molecular formula is C23H30BFN2O4. The first kappa shape index (κ1) is 22.0. The van der Waals surface area contributed by atoms with E-state index < -0.39 is 29.7 Å². The van der Waals surface area contributed by atoms with Crippen molar-refractivity contribution in [2.45, 2.75) is 78.2 Å². The minimum absolute atomic E-state index is 0.324. The number of hydrogen-bond acceptors (Lipinski definition) is 5. The van der Waals surface area contributed by atoms with Gasteiger partial charge in [-0.15, -0.1) is 0 Å². The van der Waals surface area contributed by atoms with E-state index in [-0.39, 0.29) is 6.09 Å². The Kier molecular flexibility index (Phi) is 5.09. The molecule has 0 bridgehead atoms. The Morgan fingerprint density at radius 3 is 2.45 bits per heavy atom. The molecule has 4 rings (SSSR count). The first-order valence-electron chi connectivity index (χ1n) is 10.7. The number of nitrogens with zero attached hydrogens (tertiary/aromatic N) is 2. The summed E-state index contributed by atoms with van der Waals surface area (Å²) in [4.78, 5) is 18.5. The third-order valence-electron chi connectivity index (χ3n) is 6.32. The topological polar surface area (TPSA) is 60.9 Å². The van der Waals surface area contributed by atoms with Gasteiger partial charge in [0, 0.05) is 18.1 Å². The van der Waals surface area contributed by atoms with Crippen molar-refractivity contribution < 1.29 is 23.2 Å². The SMILES string of the molecule is CC(C)(C)OC(=O)N1CCc2c(cnc3c(F)cc(B4OC(C)(C)C(C)(C)O4)cc23)C1. The Balaban J connectivity index is 1.68. The Morgan fingerprint density at radius 2 is 1.84 bits per heavy atom. The van der Waals surface area contributed by atoms with Crippen molar-refractivity contribution in [1.29, 1.82) is 0 Å². The average Bonchev–Trinajstić information content (AvgIpc) is 2.87. The molecule has 1 aromatic heterocycles. The van der Waals surface area contributed by atoms with E-state index in [2.05, 4.69) is 4.98 Å². The number of fused-ring (bicyclic) bond motifs is 3. The summed E-state index contributed by atoms with van der Waals surface area (Å²) in [5, 5.41) is 0.742. The molecule has 0 spiro atoms. The Morgan fingerprint density at radius 1 is 1.19 bits per heavy atom. The summed E-state index contributed by atoms with van der Waals surface area (Å²) < 4.78 is 32.7. The Labute approximate surface area is 183 Å². The lowest BCUT2D eigenvalue weighted by molar-refractivity contribution is 0.00578. The molecule has 0 aliphatic carbocycles. The molecule has 8 heteroatoms. The molecule has 1 saturated heterocycles. The van der Waals surface area contributed by atoms with Crippen LogP contribution in [0.1, 0.15) is 59.6 Å². The zero-order valence-electron chi connectivity index (χ0n) is 19.3. The van der Waals surface area contributed by atoms with Gasteiger partial charge in [0.1, 0.15) is 16.9 Å². The highest BCUT2D eigenvalue weighted by atomic mass is 19.1. The molecule has 6 nitrogen and oxygen atoms in total. The van der Waals surface area contributed by atoms with Crippen molar-refractivity contribution in [3.8, 4) is 0 Å². The van der Waals surface area contributed by atoms with E-state index >= 15 is 0 Å². The molecule has 31 heavy (non-hydrogen) atoms. The number of amides is 1. The number of carbonyl (C=O) groups excluding carboxylic acids is 1. The second kappa shape index (κ2) is 7.17. The van der Waals surface area contributed by atoms with Crippen LogP contribution in [0, 0.1) is 5.82 Å². The fourth-order valence-electron chi connectivity index (χ4n) is 3.94. The van der Waals surface area contributed by atoms with Crippen LogP contribution in [0.15, 0.2) is 18.3 Å². The highest BCUT2D eigenvalue weighted by Gasteiger charge is 2.52. The van der Waals surface area contributed by atoms with Crippen LogP contribution in [0.2, 0.25) is 0 Å². The minimum Gasteiger partial charge on any atom is -0.444 e. The van der Waals surface area contributed by atoms with E-state index in [0.29, 0.717) is 30.5 Å². The molecule has 0 saturated carbocycles. The lowest BCUT2D eigenvalue weighted by Crippen LogP contribution is -2.41. The van der Waals surface area contributed by atoms with Crippen LogP contribution < -0.4 is 5.46 Å². The van der Waals surface area contributed by atoms with Crippen molar-refractivity contribution >= 4 is 29.6 Å². The van der Waals surface area contributed by atoms with Gasteiger partial charge in [0.25, 0.3) is 0 Å². The van der Waals surface area contributed by atoms with Gasteiger partial charge in [-0.1, -0.05) is 6.07 Å². The number of carbonyl (C=O) groups is 1. The maximum Gasteiger partial charge on any atom is 0.494 e. The molecule has 2 aromatic rings. The fourth-order valence-corrected chi connectivity index (χ4v) is 3.94. The first-order chi connectivity index (χ1) is 14.3. The van der Waals surface area contributed by atoms with Gasteiger partial charge in [-0.2, -0.15) is 0 Å². The van der Waals surface area contributed by atoms with E-state index in [4.69, 9.17) is 14.0 Å². The van der Waals surface area contributed by atoms with E-state index in [1.165, 1.54) is 6.07 Å². The molecule has 2 aliphatic heterocycles. The molecular weight excluding hydrogens is 398 g/mol. The predicted molar refractivity (Wildman–Crippen MR) is 118 cm³/mol. The van der Waals surface area contributed by atoms with Crippen molar-refractivity contribution in [2.75, 3.05) is 6.54 Å². The summed E-state index contributed by atoms with van der Waals surface area (Å²) >= 11 is 0. The van der Waals surface area contributed by atoms with Crippen molar-refractivity contribution in [2.24, 2.45) is 0 Å². The summed E-state index contributed by atoms with van der Waals surface area (Å²) in [5.41, 5.74) is 1.28. The van der Waals surface area contributed by atoms with Crippen LogP contribution in [-0.4, -0.2) is 46.4 Å². The largest absolute Gasteiger partial charge is 0.494 e. The second-order valence-electron chi connectivity index (χ2n) is 10.4. The first-order valence-corrected chi connectivity index (χ1v) is 10.7. The van der Waals surface area contributed by atoms with Crippen LogP contribution in [0.4, 0.5) is 9.18 Å². The molecule has 0 radical (unpaired) electrons. The van der Waals surface area contributed by atoms with Crippen LogP contribution in [-0.2, 0) is 27.0 Å². The molecule has 0 unspecified atom stereocenters. The lowest BCUT2D eigenvalue weighted by Gasteiger charge is -2.32. The van der Waals surface area contributed by atoms with Gasteiger partial charge in [0.2, 0.25) is 0 Å². The van der Waals surface area contributed by atoms with Crippen molar-refractivity contribution in [1.82, 2.24) is 9.88 Å². The van der Waals surface area contributed by atoms with Crippen LogP contribution in [0.3, 0.4) is 0 Å². The highest BCUT2D eigenvalue weighted by molar-refractivity contribution is 6.62. The summed E-state index contributed by atoms with van der Waals surface area (Å²) in [6, 6.07) is 3.36. The van der Waals surface area contributed by atoms with Gasteiger partial charge in [0.05, 0.1) is 17.7 Å². The van der Waals surface area contributed by atoms with Gasteiger partial charge in [-0.3, -0.25) is 4.98 Å². The summed E-state index contributed by atoms with van der Waals surface area (Å²) in [7, 11) is -0.651. The molecule has 1 aromatic carbocycles. The van der Waals surface area contributed by atoms with Gasteiger partial charge < -0.3 is 18.9 Å². The minimum atomic E-state index is -0.651. The third-order valence-corrected chi connectivity index (χ3v) is 6.32. The molecule has 166 valence electrons. The lowest BCUT2D eigenvalue weighted by atomic mass is 9.77. The maximum atomic E-state index is 15.0. The standard InChI is InChI=1S/C23H30BFN2O4/c1-21(2,3)29-20(28)27-9-8-16-14(13-27)12-26-19-17(16)10-15(11-18(19)25)24-30-22(4,5)23(6,7)31-24/h10-12H,8-9,13H2,1-7H3. The number of rotatable bonds is 1. The number of hydrogen-bond donors (Lipinski definition) is 0. The number of benzene rings is 1. The van der Waals surface area contributed by atoms with Crippen LogP contribution in [0.5, 0.6) is 0 Å². The Bertz CT molecular complexity index is 1030. The highest BCUT2D eigenvalue weighted by Crippen LogP contribution is 2.37. The second-order valence-corrected chi connectivity index (χ2v) is 10.4. The summed E-state index contributed by atoms with van der Waals surface area (Å²) in [6.07, 6.45) is 1.90. The molecule has 1 fully saturated rings. The maximum absolute atomic E-state index is 15.0. The van der Waals surface area contributed by atoms with Crippen molar-refractivity contribution in [3.63, 3.8) is 0 Å². The molecule has 0 atom stereocenters. The van der Waals surface area contributed by atoms with Crippen molar-refractivity contribution in [3.05, 3.63) is 35.3 Å². The third kappa shape index (κ3) is 4.03. The monoisotopic (exact) mass is 428 g/mol. The summed E-state index contributed by atoms with van der Waals surface area (Å²) in [6.45, 7) is 14.3.